The molecule has 0 fully saturated rings. The van der Waals surface area contributed by atoms with Crippen molar-refractivity contribution in [2.75, 3.05) is 6.54 Å². The third-order valence-corrected chi connectivity index (χ3v) is 6.66. The molecule has 0 aliphatic heterocycles. The van der Waals surface area contributed by atoms with Crippen LogP contribution in [-0.2, 0) is 16.6 Å². The number of hydrogen-bond acceptors (Lipinski definition) is 6. The monoisotopic (exact) mass is 418 g/mol. The lowest BCUT2D eigenvalue weighted by molar-refractivity contribution is 0.548. The zero-order valence-corrected chi connectivity index (χ0v) is 17.8. The fourth-order valence-corrected chi connectivity index (χ4v) is 5.05. The first-order valence-corrected chi connectivity index (χ1v) is 11.1. The zero-order chi connectivity index (χ0) is 20.5. The summed E-state index contributed by atoms with van der Waals surface area (Å²) >= 11 is 1.51. The van der Waals surface area contributed by atoms with Crippen LogP contribution in [0.3, 0.4) is 0 Å². The van der Waals surface area contributed by atoms with Crippen molar-refractivity contribution >= 4 is 21.4 Å². The van der Waals surface area contributed by atoms with Gasteiger partial charge in [0.05, 0.1) is 27.0 Å². The molecule has 0 unspecified atom stereocenters. The smallest absolute Gasteiger partial charge is 0.266 e. The minimum atomic E-state index is -3.66. The van der Waals surface area contributed by atoms with Crippen molar-refractivity contribution in [3.63, 3.8) is 0 Å². The van der Waals surface area contributed by atoms with Crippen LogP contribution in [0.4, 0.5) is 0 Å². The maximum atomic E-state index is 12.5. The van der Waals surface area contributed by atoms with Crippen molar-refractivity contribution in [2.24, 2.45) is 0 Å². The van der Waals surface area contributed by atoms with Crippen LogP contribution in [0.1, 0.15) is 21.8 Å². The Morgan fingerprint density at radius 1 is 1.07 bits per heavy atom. The first kappa shape index (κ1) is 20.4. The highest BCUT2D eigenvalue weighted by atomic mass is 32.2. The normalized spacial score (nSPS) is 11.7. The van der Waals surface area contributed by atoms with E-state index in [9.17, 15) is 13.2 Å². The summed E-state index contributed by atoms with van der Waals surface area (Å²) in [6.07, 6.45) is 0. The van der Waals surface area contributed by atoms with E-state index in [1.807, 2.05) is 33.8 Å². The highest BCUT2D eigenvalue weighted by Crippen LogP contribution is 2.27. The fraction of sp³-hybridized carbons (Fsp3) is 0.316. The Labute approximate surface area is 168 Å². The molecular weight excluding hydrogens is 396 g/mol. The molecule has 0 bridgehead atoms. The lowest BCUT2D eigenvalue weighted by Crippen LogP contribution is -2.32. The van der Waals surface area contributed by atoms with Crippen LogP contribution in [0.25, 0.3) is 10.6 Å². The van der Waals surface area contributed by atoms with Gasteiger partial charge < -0.3 is 0 Å². The van der Waals surface area contributed by atoms with Gasteiger partial charge in [0.1, 0.15) is 5.69 Å². The summed E-state index contributed by atoms with van der Waals surface area (Å²) in [6, 6.07) is 8.26. The number of benzene rings is 1. The number of nitrogens with zero attached hydrogens (tertiary/aromatic N) is 3. The summed E-state index contributed by atoms with van der Waals surface area (Å²) in [4.78, 5) is 17.6. The van der Waals surface area contributed by atoms with Gasteiger partial charge in [0.15, 0.2) is 0 Å². The van der Waals surface area contributed by atoms with Crippen molar-refractivity contribution in [3.8, 4) is 10.6 Å². The van der Waals surface area contributed by atoms with E-state index in [0.29, 0.717) is 5.69 Å². The van der Waals surface area contributed by atoms with Crippen LogP contribution < -0.4 is 10.3 Å². The molecule has 0 saturated carbocycles. The van der Waals surface area contributed by atoms with Gasteiger partial charge in [-0.05, 0) is 57.0 Å². The minimum absolute atomic E-state index is 0.0619. The molecule has 7 nitrogen and oxygen atoms in total. The Bertz CT molecular complexity index is 1160. The molecule has 2 aromatic heterocycles. The van der Waals surface area contributed by atoms with Gasteiger partial charge in [0.2, 0.25) is 10.0 Å². The van der Waals surface area contributed by atoms with Crippen molar-refractivity contribution in [1.29, 1.82) is 0 Å². The van der Waals surface area contributed by atoms with Crippen molar-refractivity contribution in [3.05, 3.63) is 62.5 Å². The standard InChI is InChI=1S/C19H22N4O3S2/c1-12-9-13(2)11-16(10-12)28(25,26)20-7-8-23-18(24)6-5-17(22-23)19-14(3)21-15(4)27-19/h5-6,9-11,20H,7-8H2,1-4H3. The van der Waals surface area contributed by atoms with Crippen molar-refractivity contribution in [2.45, 2.75) is 39.1 Å². The molecule has 3 aromatic rings. The maximum Gasteiger partial charge on any atom is 0.266 e. The van der Waals surface area contributed by atoms with E-state index < -0.39 is 10.0 Å². The van der Waals surface area contributed by atoms with Gasteiger partial charge in [-0.2, -0.15) is 5.10 Å². The second-order valence-electron chi connectivity index (χ2n) is 6.65. The molecule has 0 radical (unpaired) electrons. The molecule has 3 rings (SSSR count). The number of nitrogens with one attached hydrogen (secondary N) is 1. The summed E-state index contributed by atoms with van der Waals surface area (Å²) in [5.74, 6) is 0. The predicted octanol–water partition coefficient (Wildman–Crippen LogP) is 2.58. The Hall–Kier alpha value is -2.36. The van der Waals surface area contributed by atoms with Crippen LogP contribution in [0.15, 0.2) is 40.0 Å². The average Bonchev–Trinajstić information content (AvgIpc) is 2.94. The molecule has 0 atom stereocenters. The Morgan fingerprint density at radius 2 is 1.75 bits per heavy atom. The molecule has 0 saturated heterocycles. The third-order valence-electron chi connectivity index (χ3n) is 4.12. The van der Waals surface area contributed by atoms with Gasteiger partial charge in [-0.15, -0.1) is 11.3 Å². The Morgan fingerprint density at radius 3 is 2.36 bits per heavy atom. The van der Waals surface area contributed by atoms with Crippen LogP contribution in [0, 0.1) is 27.7 Å². The number of hydrogen-bond donors (Lipinski definition) is 1. The molecule has 9 heteroatoms. The molecule has 0 aliphatic rings. The summed E-state index contributed by atoms with van der Waals surface area (Å²) in [5.41, 5.74) is 2.98. The van der Waals surface area contributed by atoms with Gasteiger partial charge in [-0.1, -0.05) is 6.07 Å². The van der Waals surface area contributed by atoms with Crippen LogP contribution >= 0.6 is 11.3 Å². The van der Waals surface area contributed by atoms with Crippen LogP contribution in [0.2, 0.25) is 0 Å². The topological polar surface area (TPSA) is 93.9 Å². The molecule has 1 aromatic carbocycles. The van der Waals surface area contributed by atoms with Crippen molar-refractivity contribution in [1.82, 2.24) is 19.5 Å². The van der Waals surface area contributed by atoms with Crippen molar-refractivity contribution < 1.29 is 8.42 Å². The molecule has 148 valence electrons. The quantitative estimate of drug-likeness (QED) is 0.664. The lowest BCUT2D eigenvalue weighted by atomic mass is 10.2. The van der Waals surface area contributed by atoms with Crippen LogP contribution in [0.5, 0.6) is 0 Å². The first-order valence-electron chi connectivity index (χ1n) is 8.76. The van der Waals surface area contributed by atoms with Gasteiger partial charge >= 0.3 is 0 Å². The van der Waals surface area contributed by atoms with E-state index in [1.165, 1.54) is 22.1 Å². The highest BCUT2D eigenvalue weighted by molar-refractivity contribution is 7.89. The number of rotatable bonds is 6. The molecule has 1 N–H and O–H groups in total. The Kier molecular flexibility index (Phi) is 5.78. The molecule has 2 heterocycles. The second kappa shape index (κ2) is 7.94. The summed E-state index contributed by atoms with van der Waals surface area (Å²) in [7, 11) is -3.66. The molecule has 0 aliphatic carbocycles. The van der Waals surface area contributed by atoms with Gasteiger partial charge in [-0.3, -0.25) is 4.79 Å². The Balaban J connectivity index is 1.77. The first-order chi connectivity index (χ1) is 13.2. The maximum absolute atomic E-state index is 12.5. The predicted molar refractivity (Wildman–Crippen MR) is 110 cm³/mol. The minimum Gasteiger partial charge on any atom is -0.268 e. The van der Waals surface area contributed by atoms with Crippen LogP contribution in [-0.4, -0.2) is 29.7 Å². The number of thiazole rings is 1. The van der Waals surface area contributed by atoms with Gasteiger partial charge in [-0.25, -0.2) is 22.8 Å². The average molecular weight is 419 g/mol. The van der Waals surface area contributed by atoms with E-state index in [0.717, 1.165) is 26.7 Å². The summed E-state index contributed by atoms with van der Waals surface area (Å²) in [5, 5.41) is 5.30. The highest BCUT2D eigenvalue weighted by Gasteiger charge is 2.15. The van der Waals surface area contributed by atoms with E-state index >= 15 is 0 Å². The lowest BCUT2D eigenvalue weighted by Gasteiger charge is -2.10. The number of aryl methyl sites for hydroxylation is 4. The third kappa shape index (κ3) is 4.54. The molecule has 0 amide bonds. The zero-order valence-electron chi connectivity index (χ0n) is 16.2. The summed E-state index contributed by atoms with van der Waals surface area (Å²) in [6.45, 7) is 7.71. The summed E-state index contributed by atoms with van der Waals surface area (Å²) < 4.78 is 28.9. The largest absolute Gasteiger partial charge is 0.268 e. The fourth-order valence-electron chi connectivity index (χ4n) is 2.96. The van der Waals surface area contributed by atoms with E-state index in [2.05, 4.69) is 14.8 Å². The number of sulfonamides is 1. The SMILES string of the molecule is Cc1cc(C)cc(S(=O)(=O)NCCn2nc(-c3sc(C)nc3C)ccc2=O)c1. The molecule has 0 spiro atoms. The van der Waals surface area contributed by atoms with Gasteiger partial charge in [0.25, 0.3) is 5.56 Å². The van der Waals surface area contributed by atoms with Gasteiger partial charge in [0, 0.05) is 12.6 Å². The number of aromatic nitrogens is 3. The van der Waals surface area contributed by atoms with E-state index in [4.69, 9.17) is 0 Å². The second-order valence-corrected chi connectivity index (χ2v) is 9.62. The van der Waals surface area contributed by atoms with E-state index in [-0.39, 0.29) is 23.5 Å². The molecular formula is C19H22N4O3S2. The molecule has 28 heavy (non-hydrogen) atoms. The van der Waals surface area contributed by atoms with E-state index in [1.54, 1.807) is 18.2 Å².